The van der Waals surface area contributed by atoms with Gasteiger partial charge in [-0.2, -0.15) is 0 Å². The maximum atomic E-state index is 5.85. The second-order valence-corrected chi connectivity index (χ2v) is 20.2. The van der Waals surface area contributed by atoms with Gasteiger partial charge in [0.2, 0.25) is 5.89 Å². The van der Waals surface area contributed by atoms with Crippen LogP contribution >= 0.6 is 45.3 Å². The summed E-state index contributed by atoms with van der Waals surface area (Å²) >= 11 is 7.02. The first-order valence-corrected chi connectivity index (χ1v) is 33.0. The number of aromatic nitrogens is 4. The van der Waals surface area contributed by atoms with Crippen molar-refractivity contribution in [2.45, 2.75) is 166 Å². The van der Waals surface area contributed by atoms with Crippen LogP contribution in [0.4, 0.5) is 0 Å². The van der Waals surface area contributed by atoms with Gasteiger partial charge in [-0.1, -0.05) is 214 Å². The summed E-state index contributed by atoms with van der Waals surface area (Å²) in [5.74, 6) is 1.54. The van der Waals surface area contributed by atoms with Crippen LogP contribution in [0.3, 0.4) is 0 Å². The van der Waals surface area contributed by atoms with Crippen LogP contribution in [-0.2, 0) is 0 Å². The Hall–Kier alpha value is -6.56. The number of thiazole rings is 3. The van der Waals surface area contributed by atoms with E-state index in [-0.39, 0.29) is 0 Å². The highest BCUT2D eigenvalue weighted by Crippen LogP contribution is 2.37. The lowest BCUT2D eigenvalue weighted by atomic mass is 10.1. The number of nitrogens with zero attached hydrogens (tertiary/aromatic N) is 4. The largest absolute Gasteiger partial charge is 0.462 e. The third-order valence-corrected chi connectivity index (χ3v) is 15.9. The first kappa shape index (κ1) is 73.5. The number of oxazole rings is 1. The van der Waals surface area contributed by atoms with E-state index in [4.69, 9.17) is 18.8 Å². The molecule has 0 saturated heterocycles. The Balaban J connectivity index is 0.000000504. The number of fused-ring (bicyclic) bond motifs is 4. The zero-order chi connectivity index (χ0) is 61.9. The van der Waals surface area contributed by atoms with Gasteiger partial charge in [-0.3, -0.25) is 0 Å². The summed E-state index contributed by atoms with van der Waals surface area (Å²) in [5.41, 5.74) is 17.4. The van der Waals surface area contributed by atoms with Gasteiger partial charge in [-0.05, 0) is 136 Å². The summed E-state index contributed by atoms with van der Waals surface area (Å²) in [5, 5.41) is 5.30. The summed E-state index contributed by atoms with van der Waals surface area (Å²) in [6.07, 6.45) is 1.68. The van der Waals surface area contributed by atoms with Gasteiger partial charge in [0.25, 0.3) is 0 Å². The molecule has 10 heteroatoms. The van der Waals surface area contributed by atoms with Crippen molar-refractivity contribution < 1.29 is 8.83 Å². The SMILES string of the molecule is CC.CC.CC.CC.CC.CC.CC.CC.Cc1ccc(C)c2oc(-c3ccccc3)nc12.Cc1ccc(C)c2sc(-c3ccccc3)nc12.Cc1ccc(C)c2sc(-c3ccco3)nc12.Cc1ccc(C)c2sc(-c3cccs3)nc12. The van der Waals surface area contributed by atoms with Crippen LogP contribution in [0, 0.1) is 55.4 Å². The van der Waals surface area contributed by atoms with E-state index in [1.165, 1.54) is 57.9 Å². The van der Waals surface area contributed by atoms with E-state index < -0.39 is 0 Å². The van der Waals surface area contributed by atoms with Gasteiger partial charge in [0.15, 0.2) is 16.4 Å². The summed E-state index contributed by atoms with van der Waals surface area (Å²) in [7, 11) is 0. The topological polar surface area (TPSA) is 77.8 Å². The molecule has 0 spiro atoms. The fraction of sp³-hybridized carbons (Fsp3) is 0.333. The molecule has 0 aliphatic carbocycles. The lowest BCUT2D eigenvalue weighted by Gasteiger charge is -1.96. The van der Waals surface area contributed by atoms with Gasteiger partial charge in [0.05, 0.1) is 41.8 Å². The molecule has 0 atom stereocenters. The molecular weight excluding hydrogens is 1080 g/mol. The van der Waals surface area contributed by atoms with Crippen molar-refractivity contribution >= 4 is 87.1 Å². The van der Waals surface area contributed by atoms with Crippen LogP contribution < -0.4 is 0 Å². The van der Waals surface area contributed by atoms with Crippen LogP contribution in [0.25, 0.3) is 84.4 Å². The second-order valence-electron chi connectivity index (χ2n) is 16.3. The molecule has 0 unspecified atom stereocenters. The highest BCUT2D eigenvalue weighted by molar-refractivity contribution is 7.25. The molecule has 0 N–H and O–H groups in total. The quantitative estimate of drug-likeness (QED) is 0.175. The van der Waals surface area contributed by atoms with Crippen LogP contribution in [0.1, 0.15) is 155 Å². The van der Waals surface area contributed by atoms with E-state index in [0.717, 1.165) is 65.1 Å². The van der Waals surface area contributed by atoms with E-state index in [1.807, 2.05) is 166 Å². The van der Waals surface area contributed by atoms with E-state index in [0.29, 0.717) is 5.89 Å². The van der Waals surface area contributed by atoms with Gasteiger partial charge < -0.3 is 8.83 Å². The Labute approximate surface area is 510 Å². The zero-order valence-electron chi connectivity index (χ0n) is 54.1. The van der Waals surface area contributed by atoms with Crippen molar-refractivity contribution in [3.05, 3.63) is 190 Å². The lowest BCUT2D eigenvalue weighted by molar-refractivity contribution is 0.582. The summed E-state index contributed by atoms with van der Waals surface area (Å²) in [4.78, 5) is 20.0. The molecule has 0 fully saturated rings. The fourth-order valence-corrected chi connectivity index (χ4v) is 11.6. The number of benzene rings is 6. The standard InChI is InChI=1S/C15H13NO.C15H13NS.C13H11NOS.C13H11NS2.8C2H6/c2*1-10-8-9-11(2)14-13(10)16-15(17-14)12-6-4-3-5-7-12;2*1-8-5-6-9(2)12-11(8)14-13(16-12)10-4-3-7-15-10;8*1-2/h2*3-9H,1-2H3;2*3-7H,1-2H3;8*1-2H3. The van der Waals surface area contributed by atoms with Crippen molar-refractivity contribution in [2.24, 2.45) is 0 Å². The normalized spacial score (nSPS) is 9.46. The smallest absolute Gasteiger partial charge is 0.227 e. The summed E-state index contributed by atoms with van der Waals surface area (Å²) in [6, 6.07) is 45.4. The molecule has 6 nitrogen and oxygen atoms in total. The van der Waals surface area contributed by atoms with E-state index >= 15 is 0 Å². The molecule has 0 bridgehead atoms. The average molecular weight is 1180 g/mol. The fourth-order valence-electron chi connectivity index (χ4n) is 7.46. The molecule has 440 valence electrons. The lowest BCUT2D eigenvalue weighted by Crippen LogP contribution is -1.79. The van der Waals surface area contributed by atoms with E-state index in [2.05, 4.69) is 149 Å². The van der Waals surface area contributed by atoms with E-state index in [1.54, 1.807) is 51.6 Å². The minimum Gasteiger partial charge on any atom is -0.462 e. The van der Waals surface area contributed by atoms with Crippen molar-refractivity contribution in [1.82, 2.24) is 19.9 Å². The third kappa shape index (κ3) is 19.8. The summed E-state index contributed by atoms with van der Waals surface area (Å²) < 4.78 is 15.1. The number of thiophene rings is 1. The van der Waals surface area contributed by atoms with Gasteiger partial charge >= 0.3 is 0 Å². The van der Waals surface area contributed by atoms with Crippen molar-refractivity contribution in [2.75, 3.05) is 0 Å². The predicted molar refractivity (Wildman–Crippen MR) is 373 cm³/mol. The Bertz CT molecular complexity index is 3170. The number of hydrogen-bond acceptors (Lipinski definition) is 10. The molecule has 0 saturated carbocycles. The zero-order valence-corrected chi connectivity index (χ0v) is 57.4. The Morgan fingerprint density at radius 1 is 0.317 bits per heavy atom. The molecule has 12 aromatic rings. The molecule has 0 radical (unpaired) electrons. The van der Waals surface area contributed by atoms with Crippen molar-refractivity contribution in [3.63, 3.8) is 0 Å². The number of furan rings is 1. The van der Waals surface area contributed by atoms with Gasteiger partial charge in [0.1, 0.15) is 15.5 Å². The van der Waals surface area contributed by atoms with Gasteiger partial charge in [-0.25, -0.2) is 19.9 Å². The van der Waals surface area contributed by atoms with Crippen LogP contribution in [0.15, 0.2) is 154 Å². The highest BCUT2D eigenvalue weighted by atomic mass is 32.1. The third-order valence-electron chi connectivity index (χ3n) is 11.3. The molecule has 6 aromatic carbocycles. The van der Waals surface area contributed by atoms with Gasteiger partial charge in [0, 0.05) is 11.1 Å². The number of aryl methyl sites for hydroxylation is 8. The van der Waals surface area contributed by atoms with Crippen LogP contribution in [0.2, 0.25) is 0 Å². The molecule has 0 amide bonds. The van der Waals surface area contributed by atoms with Crippen LogP contribution in [-0.4, -0.2) is 19.9 Å². The molecule has 82 heavy (non-hydrogen) atoms. The molecule has 6 heterocycles. The molecular formula is C72H96N4O2S4. The molecule has 6 aromatic heterocycles. The first-order chi connectivity index (χ1) is 40.0. The van der Waals surface area contributed by atoms with Crippen LogP contribution in [0.5, 0.6) is 0 Å². The number of rotatable bonds is 4. The molecule has 0 aliphatic heterocycles. The summed E-state index contributed by atoms with van der Waals surface area (Å²) in [6.45, 7) is 48.9. The maximum absolute atomic E-state index is 5.85. The van der Waals surface area contributed by atoms with Crippen molar-refractivity contribution in [1.29, 1.82) is 0 Å². The Morgan fingerprint density at radius 2 is 0.695 bits per heavy atom. The predicted octanol–water partition coefficient (Wildman–Crippen LogP) is 25.7. The van der Waals surface area contributed by atoms with Gasteiger partial charge in [-0.15, -0.1) is 45.3 Å². The molecule has 12 rings (SSSR count). The minimum atomic E-state index is 0.693. The number of hydrogen-bond donors (Lipinski definition) is 0. The van der Waals surface area contributed by atoms with Crippen molar-refractivity contribution in [3.8, 4) is 42.7 Å². The van der Waals surface area contributed by atoms with E-state index in [9.17, 15) is 0 Å². The molecule has 0 aliphatic rings. The first-order valence-electron chi connectivity index (χ1n) is 29.7. The Kier molecular flexibility index (Phi) is 36.4. The second kappa shape index (κ2) is 40.6. The minimum absolute atomic E-state index is 0.693. The Morgan fingerprint density at radius 3 is 1.10 bits per heavy atom. The highest BCUT2D eigenvalue weighted by Gasteiger charge is 2.14. The maximum Gasteiger partial charge on any atom is 0.227 e. The monoisotopic (exact) mass is 1180 g/mol. The average Bonchev–Trinajstić information content (AvgIpc) is 4.45.